The Morgan fingerprint density at radius 2 is 1.69 bits per heavy atom. The van der Waals surface area contributed by atoms with Gasteiger partial charge in [-0.25, -0.2) is 9.37 Å². The molecule has 150 valence electrons. The number of para-hydroxylation sites is 1. The van der Waals surface area contributed by atoms with Crippen LogP contribution in [0.15, 0.2) is 66.9 Å². The second-order valence-corrected chi connectivity index (χ2v) is 6.52. The van der Waals surface area contributed by atoms with Gasteiger partial charge in [0.1, 0.15) is 17.4 Å². The van der Waals surface area contributed by atoms with Gasteiger partial charge in [0.25, 0.3) is 5.91 Å². The zero-order valence-corrected chi connectivity index (χ0v) is 16.3. The SMILES string of the molecule is COc1ccccc1CCNc1ccc(C(=O)NCCc2ccccc2F)cn1. The summed E-state index contributed by atoms with van der Waals surface area (Å²) in [6.07, 6.45) is 2.77. The average Bonchev–Trinajstić information content (AvgIpc) is 2.76. The highest BCUT2D eigenvalue weighted by atomic mass is 19.1. The molecule has 1 aromatic heterocycles. The van der Waals surface area contributed by atoms with Gasteiger partial charge in [0.05, 0.1) is 12.7 Å². The minimum atomic E-state index is -0.257. The fourth-order valence-corrected chi connectivity index (χ4v) is 2.98. The second kappa shape index (κ2) is 10.2. The minimum absolute atomic E-state index is 0.227. The number of aromatic nitrogens is 1. The van der Waals surface area contributed by atoms with Crippen molar-refractivity contribution in [3.8, 4) is 5.75 Å². The highest BCUT2D eigenvalue weighted by molar-refractivity contribution is 5.94. The predicted octanol–water partition coefficient (Wildman–Crippen LogP) is 3.86. The summed E-state index contributed by atoms with van der Waals surface area (Å²) < 4.78 is 18.9. The number of carbonyl (C=O) groups is 1. The summed E-state index contributed by atoms with van der Waals surface area (Å²) in [4.78, 5) is 16.5. The van der Waals surface area contributed by atoms with Gasteiger partial charge < -0.3 is 15.4 Å². The molecule has 0 radical (unpaired) electrons. The maximum absolute atomic E-state index is 13.6. The molecule has 3 aromatic rings. The van der Waals surface area contributed by atoms with Crippen molar-refractivity contribution < 1.29 is 13.9 Å². The van der Waals surface area contributed by atoms with Crippen molar-refractivity contribution in [3.05, 3.63) is 89.4 Å². The third kappa shape index (κ3) is 5.78. The fraction of sp³-hybridized carbons (Fsp3) is 0.217. The Balaban J connectivity index is 1.45. The van der Waals surface area contributed by atoms with Crippen LogP contribution in [0, 0.1) is 5.82 Å². The molecule has 2 N–H and O–H groups in total. The molecule has 2 aromatic carbocycles. The summed E-state index contributed by atoms with van der Waals surface area (Å²) in [6, 6.07) is 17.9. The number of nitrogens with zero attached hydrogens (tertiary/aromatic N) is 1. The maximum atomic E-state index is 13.6. The Labute approximate surface area is 169 Å². The first-order chi connectivity index (χ1) is 14.2. The van der Waals surface area contributed by atoms with E-state index in [-0.39, 0.29) is 11.7 Å². The largest absolute Gasteiger partial charge is 0.496 e. The molecule has 0 aliphatic rings. The molecule has 5 nitrogen and oxygen atoms in total. The van der Waals surface area contributed by atoms with Gasteiger partial charge in [0.2, 0.25) is 0 Å². The Hall–Kier alpha value is -3.41. The molecule has 0 bridgehead atoms. The summed E-state index contributed by atoms with van der Waals surface area (Å²) in [5.74, 6) is 1.08. The normalized spacial score (nSPS) is 10.4. The van der Waals surface area contributed by atoms with E-state index in [9.17, 15) is 9.18 Å². The predicted molar refractivity (Wildman–Crippen MR) is 112 cm³/mol. The van der Waals surface area contributed by atoms with Crippen molar-refractivity contribution in [2.75, 3.05) is 25.5 Å². The Kier molecular flexibility index (Phi) is 7.16. The van der Waals surface area contributed by atoms with Gasteiger partial charge in [-0.15, -0.1) is 0 Å². The van der Waals surface area contributed by atoms with Crippen LogP contribution in [-0.2, 0) is 12.8 Å². The van der Waals surface area contributed by atoms with Crippen molar-refractivity contribution in [1.29, 1.82) is 0 Å². The number of halogens is 1. The molecule has 1 amide bonds. The zero-order valence-electron chi connectivity index (χ0n) is 16.3. The van der Waals surface area contributed by atoms with Crippen LogP contribution in [0.2, 0.25) is 0 Å². The molecule has 1 heterocycles. The van der Waals surface area contributed by atoms with Gasteiger partial charge in [-0.3, -0.25) is 4.79 Å². The first kappa shape index (κ1) is 20.3. The number of hydrogen-bond acceptors (Lipinski definition) is 4. The van der Waals surface area contributed by atoms with Crippen molar-refractivity contribution in [2.45, 2.75) is 12.8 Å². The number of nitrogens with one attached hydrogen (secondary N) is 2. The number of carbonyl (C=O) groups excluding carboxylic acids is 1. The standard InChI is InChI=1S/C23H24FN3O2/c1-29-21-9-5-3-7-18(21)13-14-25-22-11-10-19(16-27-22)23(28)26-15-12-17-6-2-4-8-20(17)24/h2-11,16H,12-15H2,1H3,(H,25,27)(H,26,28). The number of anilines is 1. The van der Waals surface area contributed by atoms with Crippen molar-refractivity contribution >= 4 is 11.7 Å². The van der Waals surface area contributed by atoms with Crippen LogP contribution in [-0.4, -0.2) is 31.1 Å². The smallest absolute Gasteiger partial charge is 0.252 e. The van der Waals surface area contributed by atoms with Crippen LogP contribution >= 0.6 is 0 Å². The first-order valence-electron chi connectivity index (χ1n) is 9.51. The monoisotopic (exact) mass is 393 g/mol. The molecule has 0 unspecified atom stereocenters. The molecule has 6 heteroatoms. The topological polar surface area (TPSA) is 63.2 Å². The van der Waals surface area contributed by atoms with Gasteiger partial charge >= 0.3 is 0 Å². The molecule has 3 rings (SSSR count). The highest BCUT2D eigenvalue weighted by Gasteiger charge is 2.07. The number of rotatable bonds is 9. The van der Waals surface area contributed by atoms with E-state index in [4.69, 9.17) is 4.74 Å². The van der Waals surface area contributed by atoms with Crippen LogP contribution in [0.25, 0.3) is 0 Å². The lowest BCUT2D eigenvalue weighted by atomic mass is 10.1. The summed E-state index contributed by atoms with van der Waals surface area (Å²) in [6.45, 7) is 1.06. The Morgan fingerprint density at radius 3 is 2.41 bits per heavy atom. The van der Waals surface area contributed by atoms with Crippen LogP contribution in [0.4, 0.5) is 10.2 Å². The van der Waals surface area contributed by atoms with E-state index in [0.29, 0.717) is 36.5 Å². The third-order valence-corrected chi connectivity index (χ3v) is 4.56. The average molecular weight is 393 g/mol. The van der Waals surface area contributed by atoms with E-state index in [1.165, 1.54) is 12.3 Å². The van der Waals surface area contributed by atoms with E-state index < -0.39 is 0 Å². The fourth-order valence-electron chi connectivity index (χ4n) is 2.98. The van der Waals surface area contributed by atoms with E-state index in [0.717, 1.165) is 17.7 Å². The first-order valence-corrected chi connectivity index (χ1v) is 9.51. The van der Waals surface area contributed by atoms with E-state index in [1.807, 2.05) is 24.3 Å². The van der Waals surface area contributed by atoms with E-state index in [2.05, 4.69) is 15.6 Å². The lowest BCUT2D eigenvalue weighted by molar-refractivity contribution is 0.0953. The number of benzene rings is 2. The summed E-state index contributed by atoms with van der Waals surface area (Å²) in [7, 11) is 1.66. The van der Waals surface area contributed by atoms with Gasteiger partial charge in [0, 0.05) is 19.3 Å². The molecule has 0 fully saturated rings. The Morgan fingerprint density at radius 1 is 0.966 bits per heavy atom. The minimum Gasteiger partial charge on any atom is -0.496 e. The molecule has 0 aliphatic heterocycles. The van der Waals surface area contributed by atoms with Crippen molar-refractivity contribution in [1.82, 2.24) is 10.3 Å². The van der Waals surface area contributed by atoms with Gasteiger partial charge in [-0.2, -0.15) is 0 Å². The van der Waals surface area contributed by atoms with Crippen molar-refractivity contribution in [3.63, 3.8) is 0 Å². The van der Waals surface area contributed by atoms with E-state index >= 15 is 0 Å². The number of hydrogen-bond donors (Lipinski definition) is 2. The van der Waals surface area contributed by atoms with Crippen LogP contribution in [0.3, 0.4) is 0 Å². The molecule has 29 heavy (non-hydrogen) atoms. The summed E-state index contributed by atoms with van der Waals surface area (Å²) in [5, 5.41) is 6.03. The Bertz CT molecular complexity index is 945. The van der Waals surface area contributed by atoms with Gasteiger partial charge in [-0.05, 0) is 48.2 Å². The third-order valence-electron chi connectivity index (χ3n) is 4.56. The number of methoxy groups -OCH3 is 1. The van der Waals surface area contributed by atoms with Crippen LogP contribution < -0.4 is 15.4 Å². The molecule has 0 saturated heterocycles. The molecular formula is C23H24FN3O2. The second-order valence-electron chi connectivity index (χ2n) is 6.52. The number of ether oxygens (including phenoxy) is 1. The molecule has 0 spiro atoms. The zero-order chi connectivity index (χ0) is 20.5. The maximum Gasteiger partial charge on any atom is 0.252 e. The number of amides is 1. The molecule has 0 atom stereocenters. The quantitative estimate of drug-likeness (QED) is 0.580. The van der Waals surface area contributed by atoms with Gasteiger partial charge in [0.15, 0.2) is 0 Å². The lowest BCUT2D eigenvalue weighted by Crippen LogP contribution is -2.26. The van der Waals surface area contributed by atoms with Crippen LogP contribution in [0.5, 0.6) is 5.75 Å². The van der Waals surface area contributed by atoms with Crippen LogP contribution in [0.1, 0.15) is 21.5 Å². The lowest BCUT2D eigenvalue weighted by Gasteiger charge is -2.10. The van der Waals surface area contributed by atoms with Gasteiger partial charge in [-0.1, -0.05) is 36.4 Å². The molecule has 0 aliphatic carbocycles. The molecular weight excluding hydrogens is 369 g/mol. The number of pyridine rings is 1. The van der Waals surface area contributed by atoms with Crippen molar-refractivity contribution in [2.24, 2.45) is 0 Å². The molecule has 0 saturated carbocycles. The van der Waals surface area contributed by atoms with E-state index in [1.54, 1.807) is 37.4 Å². The summed E-state index contributed by atoms with van der Waals surface area (Å²) >= 11 is 0. The summed E-state index contributed by atoms with van der Waals surface area (Å²) in [5.41, 5.74) is 2.17. The highest BCUT2D eigenvalue weighted by Crippen LogP contribution is 2.17.